The smallest absolute Gasteiger partial charge is 0.250 e. The molecule has 9 nitrogen and oxygen atoms in total. The molecule has 1 aliphatic rings. The van der Waals surface area contributed by atoms with Crippen LogP contribution in [0.15, 0.2) is 16.8 Å². The summed E-state index contributed by atoms with van der Waals surface area (Å²) < 4.78 is 10.5. The molecule has 1 saturated heterocycles. The highest BCUT2D eigenvalue weighted by Crippen LogP contribution is 2.25. The SMILES string of the molecule is COC(C)c1noc(CN2CCCN(c3ncc(C(N)=O)cc3Cl)CC2)n1. The highest BCUT2D eigenvalue weighted by Gasteiger charge is 2.21. The fourth-order valence-corrected chi connectivity index (χ4v) is 3.22. The summed E-state index contributed by atoms with van der Waals surface area (Å²) in [4.78, 5) is 24.3. The van der Waals surface area contributed by atoms with Crippen molar-refractivity contribution in [2.24, 2.45) is 5.73 Å². The fraction of sp³-hybridized carbons (Fsp3) is 0.529. The van der Waals surface area contributed by atoms with Gasteiger partial charge in [0.15, 0.2) is 5.82 Å². The molecule has 2 aromatic heterocycles. The van der Waals surface area contributed by atoms with Gasteiger partial charge in [-0.25, -0.2) is 4.98 Å². The van der Waals surface area contributed by atoms with Gasteiger partial charge in [-0.1, -0.05) is 16.8 Å². The maximum absolute atomic E-state index is 11.3. The molecule has 0 radical (unpaired) electrons. The van der Waals surface area contributed by atoms with E-state index in [4.69, 9.17) is 26.6 Å². The summed E-state index contributed by atoms with van der Waals surface area (Å²) in [5.41, 5.74) is 5.57. The zero-order valence-corrected chi connectivity index (χ0v) is 16.1. The number of nitrogens with two attached hydrogens (primary N) is 1. The molecular weight excluding hydrogens is 372 g/mol. The van der Waals surface area contributed by atoms with Crippen molar-refractivity contribution in [3.05, 3.63) is 34.6 Å². The van der Waals surface area contributed by atoms with Crippen LogP contribution in [-0.4, -0.2) is 59.2 Å². The van der Waals surface area contributed by atoms with Crippen LogP contribution in [0.25, 0.3) is 0 Å². The average molecular weight is 395 g/mol. The van der Waals surface area contributed by atoms with Crippen molar-refractivity contribution >= 4 is 23.3 Å². The van der Waals surface area contributed by atoms with Gasteiger partial charge in [-0.05, 0) is 19.4 Å². The Hall–Kier alpha value is -2.23. The van der Waals surface area contributed by atoms with Crippen LogP contribution in [0.1, 0.15) is 41.5 Å². The Kier molecular flexibility index (Phi) is 6.25. The molecule has 27 heavy (non-hydrogen) atoms. The van der Waals surface area contributed by atoms with Crippen LogP contribution in [0.4, 0.5) is 5.82 Å². The first-order valence-electron chi connectivity index (χ1n) is 8.76. The van der Waals surface area contributed by atoms with Gasteiger partial charge in [-0.2, -0.15) is 4.98 Å². The molecule has 2 N–H and O–H groups in total. The van der Waals surface area contributed by atoms with Gasteiger partial charge < -0.3 is 19.9 Å². The molecule has 3 heterocycles. The zero-order valence-electron chi connectivity index (χ0n) is 15.4. The molecule has 10 heteroatoms. The van der Waals surface area contributed by atoms with Gasteiger partial charge in [-0.3, -0.25) is 9.69 Å². The highest BCUT2D eigenvalue weighted by molar-refractivity contribution is 6.33. The van der Waals surface area contributed by atoms with Crippen molar-refractivity contribution in [2.75, 3.05) is 38.2 Å². The van der Waals surface area contributed by atoms with Crippen molar-refractivity contribution in [3.8, 4) is 0 Å². The monoisotopic (exact) mass is 394 g/mol. The molecule has 146 valence electrons. The number of methoxy groups -OCH3 is 1. The molecule has 1 amide bonds. The standard InChI is InChI=1S/C17H23ClN6O3/c1-11(26-2)16-21-14(27-22-16)10-23-4-3-5-24(7-6-23)17-13(18)8-12(9-20-17)15(19)25/h8-9,11H,3-7,10H2,1-2H3,(H2,19,25). The second kappa shape index (κ2) is 8.64. The van der Waals surface area contributed by atoms with Gasteiger partial charge >= 0.3 is 0 Å². The summed E-state index contributed by atoms with van der Waals surface area (Å²) in [6.45, 7) is 5.71. The molecule has 0 saturated carbocycles. The first-order valence-corrected chi connectivity index (χ1v) is 9.13. The Morgan fingerprint density at radius 2 is 2.22 bits per heavy atom. The van der Waals surface area contributed by atoms with Crippen LogP contribution in [-0.2, 0) is 11.3 Å². The third-order valence-corrected chi connectivity index (χ3v) is 4.83. The van der Waals surface area contributed by atoms with Gasteiger partial charge in [0.05, 0.1) is 17.1 Å². The number of halogens is 1. The predicted octanol–water partition coefficient (Wildman–Crippen LogP) is 1.64. The summed E-state index contributed by atoms with van der Waals surface area (Å²) in [6.07, 6.45) is 2.20. The van der Waals surface area contributed by atoms with Crippen LogP contribution in [0.2, 0.25) is 5.02 Å². The van der Waals surface area contributed by atoms with Crippen LogP contribution in [0.3, 0.4) is 0 Å². The van der Waals surface area contributed by atoms with E-state index in [0.717, 1.165) is 32.6 Å². The van der Waals surface area contributed by atoms with E-state index in [9.17, 15) is 4.79 Å². The summed E-state index contributed by atoms with van der Waals surface area (Å²) >= 11 is 6.30. The first-order chi connectivity index (χ1) is 13.0. The van der Waals surface area contributed by atoms with E-state index in [2.05, 4.69) is 24.9 Å². The van der Waals surface area contributed by atoms with Crippen molar-refractivity contribution in [1.82, 2.24) is 20.0 Å². The number of primary amides is 1. The number of aromatic nitrogens is 3. The van der Waals surface area contributed by atoms with E-state index in [1.54, 1.807) is 13.2 Å². The second-order valence-electron chi connectivity index (χ2n) is 6.43. The minimum atomic E-state index is -0.542. The third-order valence-electron chi connectivity index (χ3n) is 4.55. The number of nitrogens with zero attached hydrogens (tertiary/aromatic N) is 5. The van der Waals surface area contributed by atoms with Gasteiger partial charge in [-0.15, -0.1) is 0 Å². The summed E-state index contributed by atoms with van der Waals surface area (Å²) in [5, 5.41) is 4.38. The predicted molar refractivity (Wildman–Crippen MR) is 99.6 cm³/mol. The summed E-state index contributed by atoms with van der Waals surface area (Å²) in [6, 6.07) is 1.56. The van der Waals surface area contributed by atoms with Crippen molar-refractivity contribution in [2.45, 2.75) is 26.0 Å². The lowest BCUT2D eigenvalue weighted by Gasteiger charge is -2.23. The van der Waals surface area contributed by atoms with E-state index < -0.39 is 5.91 Å². The lowest BCUT2D eigenvalue weighted by Crippen LogP contribution is -2.31. The molecule has 0 bridgehead atoms. The minimum Gasteiger partial charge on any atom is -0.374 e. The Morgan fingerprint density at radius 1 is 1.41 bits per heavy atom. The van der Waals surface area contributed by atoms with E-state index in [1.165, 1.54) is 6.20 Å². The number of hydrogen-bond donors (Lipinski definition) is 1. The van der Waals surface area contributed by atoms with E-state index in [-0.39, 0.29) is 6.10 Å². The van der Waals surface area contributed by atoms with Crippen molar-refractivity contribution in [1.29, 1.82) is 0 Å². The maximum Gasteiger partial charge on any atom is 0.250 e. The Bertz CT molecular complexity index is 799. The number of anilines is 1. The first kappa shape index (κ1) is 19.5. The topological polar surface area (TPSA) is 111 Å². The Balaban J connectivity index is 1.62. The van der Waals surface area contributed by atoms with Crippen LogP contribution < -0.4 is 10.6 Å². The number of carbonyl (C=O) groups is 1. The lowest BCUT2D eigenvalue weighted by molar-refractivity contribution is 0.1000. The molecule has 0 aliphatic carbocycles. The number of hydrogen-bond acceptors (Lipinski definition) is 8. The number of ether oxygens (including phenoxy) is 1. The largest absolute Gasteiger partial charge is 0.374 e. The van der Waals surface area contributed by atoms with Crippen LogP contribution in [0.5, 0.6) is 0 Å². The number of pyridine rings is 1. The maximum atomic E-state index is 11.3. The molecule has 3 rings (SSSR count). The number of amides is 1. The van der Waals surface area contributed by atoms with Crippen molar-refractivity contribution in [3.63, 3.8) is 0 Å². The molecule has 0 spiro atoms. The molecule has 0 aromatic carbocycles. The molecular formula is C17H23ClN6O3. The molecule has 2 aromatic rings. The molecule has 1 atom stereocenters. The highest BCUT2D eigenvalue weighted by atomic mass is 35.5. The summed E-state index contributed by atoms with van der Waals surface area (Å²) in [5.74, 6) is 1.25. The molecule has 1 aliphatic heterocycles. The lowest BCUT2D eigenvalue weighted by atomic mass is 10.2. The van der Waals surface area contributed by atoms with Crippen LogP contribution in [0, 0.1) is 0 Å². The van der Waals surface area contributed by atoms with Gasteiger partial charge in [0.2, 0.25) is 11.8 Å². The third kappa shape index (κ3) is 4.74. The normalized spacial score (nSPS) is 16.9. The molecule has 1 unspecified atom stereocenters. The van der Waals surface area contributed by atoms with Gasteiger partial charge in [0, 0.05) is 39.5 Å². The zero-order chi connectivity index (χ0) is 19.4. The minimum absolute atomic E-state index is 0.196. The van der Waals surface area contributed by atoms with Crippen LogP contribution >= 0.6 is 11.6 Å². The Labute approximate surface area is 162 Å². The average Bonchev–Trinajstić information content (AvgIpc) is 3.00. The molecule has 1 fully saturated rings. The summed E-state index contributed by atoms with van der Waals surface area (Å²) in [7, 11) is 1.61. The fourth-order valence-electron chi connectivity index (χ4n) is 2.93. The second-order valence-corrected chi connectivity index (χ2v) is 6.84. The quantitative estimate of drug-likeness (QED) is 0.787. The number of carbonyl (C=O) groups excluding carboxylic acids is 1. The van der Waals surface area contributed by atoms with E-state index in [1.807, 2.05) is 6.92 Å². The van der Waals surface area contributed by atoms with Gasteiger partial charge in [0.1, 0.15) is 11.9 Å². The van der Waals surface area contributed by atoms with E-state index >= 15 is 0 Å². The van der Waals surface area contributed by atoms with E-state index in [0.29, 0.717) is 34.7 Å². The Morgan fingerprint density at radius 3 is 2.93 bits per heavy atom. The number of rotatable bonds is 6. The van der Waals surface area contributed by atoms with Gasteiger partial charge in [0.25, 0.3) is 0 Å². The van der Waals surface area contributed by atoms with Crippen molar-refractivity contribution < 1.29 is 14.1 Å².